The van der Waals surface area contributed by atoms with Gasteiger partial charge in [0.15, 0.2) is 11.6 Å². The highest BCUT2D eigenvalue weighted by molar-refractivity contribution is 6.28. The Morgan fingerprint density at radius 3 is 1.08 bits per heavy atom. The van der Waals surface area contributed by atoms with Crippen LogP contribution in [0.3, 0.4) is 0 Å². The third-order valence-corrected chi connectivity index (χ3v) is 4.65. The molecule has 0 bridgehead atoms. The SMILES string of the molecule is NC1CCC(N)CC1.O=C1c2ccccc2C(=O)c2ccccc21. The van der Waals surface area contributed by atoms with Crippen molar-refractivity contribution in [3.05, 3.63) is 70.8 Å². The maximum atomic E-state index is 12.1. The first kappa shape index (κ1) is 16.6. The number of fused-ring (bicyclic) bond motifs is 2. The third-order valence-electron chi connectivity index (χ3n) is 4.65. The molecule has 0 aliphatic heterocycles. The largest absolute Gasteiger partial charge is 0.328 e. The Labute approximate surface area is 141 Å². The summed E-state index contributed by atoms with van der Waals surface area (Å²) in [6, 6.07) is 14.8. The number of hydrogen-bond donors (Lipinski definition) is 2. The molecule has 0 radical (unpaired) electrons. The lowest BCUT2D eigenvalue weighted by atomic mass is 9.84. The Balaban J connectivity index is 0.000000179. The number of nitrogens with two attached hydrogens (primary N) is 2. The molecule has 0 amide bonds. The Kier molecular flexibility index (Phi) is 4.88. The minimum atomic E-state index is -0.0641. The molecular weight excluding hydrogens is 300 g/mol. The summed E-state index contributed by atoms with van der Waals surface area (Å²) in [5.41, 5.74) is 13.3. The van der Waals surface area contributed by atoms with Gasteiger partial charge in [0.25, 0.3) is 0 Å². The molecule has 0 saturated heterocycles. The van der Waals surface area contributed by atoms with Crippen LogP contribution in [0, 0.1) is 0 Å². The lowest BCUT2D eigenvalue weighted by Gasteiger charge is -2.22. The van der Waals surface area contributed by atoms with Gasteiger partial charge in [0.1, 0.15) is 0 Å². The van der Waals surface area contributed by atoms with E-state index >= 15 is 0 Å². The van der Waals surface area contributed by atoms with Gasteiger partial charge in [-0.05, 0) is 25.7 Å². The first-order chi connectivity index (χ1) is 11.6. The Bertz CT molecular complexity index is 646. The second-order valence-electron chi connectivity index (χ2n) is 6.42. The van der Waals surface area contributed by atoms with Crippen molar-refractivity contribution in [3.63, 3.8) is 0 Å². The molecule has 0 unspecified atom stereocenters. The zero-order valence-corrected chi connectivity index (χ0v) is 13.6. The van der Waals surface area contributed by atoms with Crippen LogP contribution in [0.2, 0.25) is 0 Å². The molecule has 4 heteroatoms. The number of carbonyl (C=O) groups is 2. The molecule has 2 aromatic rings. The summed E-state index contributed by atoms with van der Waals surface area (Å²) in [6.07, 6.45) is 4.50. The van der Waals surface area contributed by atoms with Crippen molar-refractivity contribution in [2.45, 2.75) is 37.8 Å². The third kappa shape index (κ3) is 3.30. The molecule has 4 rings (SSSR count). The molecular formula is C20H22N2O2. The van der Waals surface area contributed by atoms with Crippen LogP contribution in [-0.4, -0.2) is 23.7 Å². The van der Waals surface area contributed by atoms with Crippen molar-refractivity contribution in [1.82, 2.24) is 0 Å². The molecule has 24 heavy (non-hydrogen) atoms. The van der Waals surface area contributed by atoms with Gasteiger partial charge in [-0.25, -0.2) is 0 Å². The predicted molar refractivity (Wildman–Crippen MR) is 94.2 cm³/mol. The highest BCUT2D eigenvalue weighted by atomic mass is 16.1. The van der Waals surface area contributed by atoms with E-state index in [4.69, 9.17) is 11.5 Å². The van der Waals surface area contributed by atoms with Gasteiger partial charge in [0.05, 0.1) is 0 Å². The number of rotatable bonds is 0. The molecule has 2 aliphatic rings. The van der Waals surface area contributed by atoms with Crippen molar-refractivity contribution in [2.75, 3.05) is 0 Å². The topological polar surface area (TPSA) is 86.2 Å². The zero-order valence-electron chi connectivity index (χ0n) is 13.6. The molecule has 0 atom stereocenters. The number of carbonyl (C=O) groups excluding carboxylic acids is 2. The quantitative estimate of drug-likeness (QED) is 0.666. The summed E-state index contributed by atoms with van der Waals surface area (Å²) in [5.74, 6) is -0.128. The van der Waals surface area contributed by atoms with Gasteiger partial charge in [0.2, 0.25) is 0 Å². The average Bonchev–Trinajstić information content (AvgIpc) is 2.63. The monoisotopic (exact) mass is 322 g/mol. The summed E-state index contributed by atoms with van der Waals surface area (Å²) >= 11 is 0. The fourth-order valence-electron chi connectivity index (χ4n) is 3.19. The minimum Gasteiger partial charge on any atom is -0.328 e. The minimum absolute atomic E-state index is 0.0641. The van der Waals surface area contributed by atoms with Gasteiger partial charge < -0.3 is 11.5 Å². The van der Waals surface area contributed by atoms with Gasteiger partial charge in [-0.15, -0.1) is 0 Å². The van der Waals surface area contributed by atoms with E-state index in [0.717, 1.165) is 25.7 Å². The molecule has 4 N–H and O–H groups in total. The van der Waals surface area contributed by atoms with Crippen molar-refractivity contribution in [1.29, 1.82) is 0 Å². The highest BCUT2D eigenvalue weighted by Gasteiger charge is 2.28. The second kappa shape index (κ2) is 7.07. The van der Waals surface area contributed by atoms with Crippen LogP contribution < -0.4 is 11.5 Å². The molecule has 124 valence electrons. The van der Waals surface area contributed by atoms with E-state index < -0.39 is 0 Å². The normalized spacial score (nSPS) is 22.1. The van der Waals surface area contributed by atoms with Crippen molar-refractivity contribution >= 4 is 11.6 Å². The van der Waals surface area contributed by atoms with E-state index in [1.165, 1.54) is 0 Å². The molecule has 0 heterocycles. The number of hydrogen-bond acceptors (Lipinski definition) is 4. The molecule has 2 aromatic carbocycles. The molecule has 0 spiro atoms. The molecule has 1 fully saturated rings. The van der Waals surface area contributed by atoms with Crippen LogP contribution in [0.1, 0.15) is 57.5 Å². The van der Waals surface area contributed by atoms with Gasteiger partial charge in [-0.2, -0.15) is 0 Å². The van der Waals surface area contributed by atoms with Crippen LogP contribution in [0.5, 0.6) is 0 Å². The van der Waals surface area contributed by atoms with Gasteiger partial charge >= 0.3 is 0 Å². The van der Waals surface area contributed by atoms with Crippen LogP contribution in [0.25, 0.3) is 0 Å². The Morgan fingerprint density at radius 2 is 0.833 bits per heavy atom. The maximum Gasteiger partial charge on any atom is 0.194 e. The smallest absolute Gasteiger partial charge is 0.194 e. The van der Waals surface area contributed by atoms with E-state index in [1.807, 2.05) is 0 Å². The Morgan fingerprint density at radius 1 is 0.583 bits per heavy atom. The summed E-state index contributed by atoms with van der Waals surface area (Å²) in [6.45, 7) is 0. The maximum absolute atomic E-state index is 12.1. The van der Waals surface area contributed by atoms with Crippen LogP contribution in [0.4, 0.5) is 0 Å². The van der Waals surface area contributed by atoms with Crippen molar-refractivity contribution < 1.29 is 9.59 Å². The average molecular weight is 322 g/mol. The van der Waals surface area contributed by atoms with E-state index in [9.17, 15) is 9.59 Å². The molecule has 4 nitrogen and oxygen atoms in total. The fraction of sp³-hybridized carbons (Fsp3) is 0.300. The fourth-order valence-corrected chi connectivity index (χ4v) is 3.19. The predicted octanol–water partition coefficient (Wildman–Crippen LogP) is 2.68. The van der Waals surface area contributed by atoms with Crippen LogP contribution >= 0.6 is 0 Å². The molecule has 2 aliphatic carbocycles. The van der Waals surface area contributed by atoms with Crippen molar-refractivity contribution in [3.8, 4) is 0 Å². The molecule has 0 aromatic heterocycles. The summed E-state index contributed by atoms with van der Waals surface area (Å²) < 4.78 is 0. The van der Waals surface area contributed by atoms with E-state index in [1.54, 1.807) is 48.5 Å². The first-order valence-electron chi connectivity index (χ1n) is 8.36. The lowest BCUT2D eigenvalue weighted by molar-refractivity contribution is 0.0979. The Hall–Kier alpha value is -2.30. The number of benzene rings is 2. The first-order valence-corrected chi connectivity index (χ1v) is 8.36. The highest BCUT2D eigenvalue weighted by Crippen LogP contribution is 2.26. The second-order valence-corrected chi connectivity index (χ2v) is 6.42. The van der Waals surface area contributed by atoms with Crippen molar-refractivity contribution in [2.24, 2.45) is 11.5 Å². The van der Waals surface area contributed by atoms with Crippen LogP contribution in [0.15, 0.2) is 48.5 Å². The van der Waals surface area contributed by atoms with Gasteiger partial charge in [-0.3, -0.25) is 9.59 Å². The summed E-state index contributed by atoms with van der Waals surface area (Å²) in [4.78, 5) is 24.2. The standard InChI is InChI=1S/C14H8O2.C6H14N2/c15-13-9-5-1-2-6-10(9)14(16)12-8-4-3-7-11(12)13;7-5-1-2-6(8)4-3-5/h1-8H;5-6H,1-4,7-8H2. The van der Waals surface area contributed by atoms with E-state index in [2.05, 4.69) is 0 Å². The van der Waals surface area contributed by atoms with E-state index in [0.29, 0.717) is 34.3 Å². The van der Waals surface area contributed by atoms with E-state index in [-0.39, 0.29) is 11.6 Å². The van der Waals surface area contributed by atoms with Gasteiger partial charge in [-0.1, -0.05) is 48.5 Å². The van der Waals surface area contributed by atoms with Crippen LogP contribution in [-0.2, 0) is 0 Å². The zero-order chi connectivity index (χ0) is 17.1. The summed E-state index contributed by atoms with van der Waals surface area (Å²) in [7, 11) is 0. The lowest BCUT2D eigenvalue weighted by Crippen LogP contribution is -2.33. The summed E-state index contributed by atoms with van der Waals surface area (Å²) in [5, 5.41) is 0. The number of ketones is 2. The molecule has 1 saturated carbocycles. The van der Waals surface area contributed by atoms with Gasteiger partial charge in [0, 0.05) is 34.3 Å².